The number of ether oxygens (including phenoxy) is 2. The first kappa shape index (κ1) is 22.8. The number of carbonyl (C=O) groups is 1. The number of aliphatic hydroxyl groups is 3. The van der Waals surface area contributed by atoms with Gasteiger partial charge < -0.3 is 30.1 Å². The van der Waals surface area contributed by atoms with Gasteiger partial charge in [-0.1, -0.05) is 20.8 Å². The number of hydrogen-bond acceptors (Lipinski definition) is 10. The van der Waals surface area contributed by atoms with Gasteiger partial charge in [0, 0.05) is 0 Å². The normalized spacial score (nSPS) is 30.7. The Morgan fingerprint density at radius 2 is 2.00 bits per heavy atom. The van der Waals surface area contributed by atoms with Gasteiger partial charge in [-0.3, -0.25) is 9.36 Å². The molecular weight excluding hydrogens is 418 g/mol. The molecule has 6 atom stereocenters. The minimum absolute atomic E-state index is 0.111. The van der Waals surface area contributed by atoms with Gasteiger partial charge in [-0.25, -0.2) is 15.0 Å². The summed E-state index contributed by atoms with van der Waals surface area (Å²) in [4.78, 5) is 24.9. The number of fused-ring (bicyclic) bond motifs is 1. The van der Waals surface area contributed by atoms with Crippen LogP contribution in [0.4, 0.5) is 5.82 Å². The van der Waals surface area contributed by atoms with Crippen molar-refractivity contribution < 1.29 is 29.6 Å². The molecule has 176 valence electrons. The molecule has 0 aromatic carbocycles. The van der Waals surface area contributed by atoms with Crippen LogP contribution in [0.5, 0.6) is 0 Å². The molecule has 3 heterocycles. The highest BCUT2D eigenvalue weighted by molar-refractivity contribution is 5.82. The summed E-state index contributed by atoms with van der Waals surface area (Å²) in [7, 11) is 0. The van der Waals surface area contributed by atoms with E-state index in [1.165, 1.54) is 17.2 Å². The zero-order chi connectivity index (χ0) is 23.0. The highest BCUT2D eigenvalue weighted by Gasteiger charge is 2.45. The standard InChI is InChI=1S/C21H31N5O6/c1-21(2,3)7-14(28)31-8-13-16(29)17(30)20(32-13)26-10-24-15-18(22-9-23-19(15)26)25-11-5-4-6-12(11)27/h9-13,16-17,20,27,29-30H,4-8H2,1-3H3,(H,22,23,25)/t11-,12-,13+,16+,17+,20+/m0/s1. The Labute approximate surface area is 185 Å². The summed E-state index contributed by atoms with van der Waals surface area (Å²) in [6.45, 7) is 5.62. The van der Waals surface area contributed by atoms with Gasteiger partial charge >= 0.3 is 5.97 Å². The molecule has 2 aromatic rings. The Balaban J connectivity index is 1.48. The van der Waals surface area contributed by atoms with Crippen LogP contribution in [0.3, 0.4) is 0 Å². The van der Waals surface area contributed by atoms with Crippen molar-refractivity contribution in [3.63, 3.8) is 0 Å². The Bertz CT molecular complexity index is 960. The average Bonchev–Trinajstić information content (AvgIpc) is 3.39. The number of carbonyl (C=O) groups excluding carboxylic acids is 1. The van der Waals surface area contributed by atoms with Crippen molar-refractivity contribution in [2.45, 2.75) is 83.1 Å². The Hall–Kier alpha value is -2.34. The first-order valence-corrected chi connectivity index (χ1v) is 10.9. The lowest BCUT2D eigenvalue weighted by molar-refractivity contribution is -0.152. The van der Waals surface area contributed by atoms with Crippen LogP contribution in [-0.4, -0.2) is 77.9 Å². The molecule has 1 saturated carbocycles. The van der Waals surface area contributed by atoms with Crippen molar-refractivity contribution in [3.8, 4) is 0 Å². The Kier molecular flexibility index (Phi) is 6.35. The van der Waals surface area contributed by atoms with Crippen LogP contribution in [-0.2, 0) is 14.3 Å². The minimum atomic E-state index is -1.26. The van der Waals surface area contributed by atoms with E-state index in [9.17, 15) is 20.1 Å². The van der Waals surface area contributed by atoms with Crippen LogP contribution in [0.15, 0.2) is 12.7 Å². The third kappa shape index (κ3) is 4.70. The van der Waals surface area contributed by atoms with Gasteiger partial charge in [0.2, 0.25) is 0 Å². The number of imidazole rings is 1. The van der Waals surface area contributed by atoms with E-state index in [1.807, 2.05) is 20.8 Å². The molecular formula is C21H31N5O6. The van der Waals surface area contributed by atoms with E-state index in [0.717, 1.165) is 19.3 Å². The van der Waals surface area contributed by atoms with Crippen molar-refractivity contribution in [3.05, 3.63) is 12.7 Å². The number of nitrogens with zero attached hydrogens (tertiary/aromatic N) is 4. The maximum absolute atomic E-state index is 12.0. The summed E-state index contributed by atoms with van der Waals surface area (Å²) in [6, 6.07) is -0.111. The van der Waals surface area contributed by atoms with E-state index in [2.05, 4.69) is 20.3 Å². The zero-order valence-corrected chi connectivity index (χ0v) is 18.5. The number of aliphatic hydroxyl groups excluding tert-OH is 3. The number of rotatable bonds is 6. The van der Waals surface area contributed by atoms with Gasteiger partial charge in [-0.05, 0) is 24.7 Å². The molecule has 0 bridgehead atoms. The first-order valence-electron chi connectivity index (χ1n) is 10.9. The van der Waals surface area contributed by atoms with E-state index < -0.39 is 36.6 Å². The maximum Gasteiger partial charge on any atom is 0.306 e. The van der Waals surface area contributed by atoms with Gasteiger partial charge in [0.1, 0.15) is 31.2 Å². The lowest BCUT2D eigenvalue weighted by Gasteiger charge is -2.19. The van der Waals surface area contributed by atoms with Crippen LogP contribution in [0.2, 0.25) is 0 Å². The summed E-state index contributed by atoms with van der Waals surface area (Å²) in [6.07, 6.45) is 0.776. The summed E-state index contributed by atoms with van der Waals surface area (Å²) >= 11 is 0. The van der Waals surface area contributed by atoms with Crippen molar-refractivity contribution in [1.82, 2.24) is 19.5 Å². The third-order valence-electron chi connectivity index (χ3n) is 5.85. The number of aromatic nitrogens is 4. The van der Waals surface area contributed by atoms with E-state index in [1.54, 1.807) is 0 Å². The summed E-state index contributed by atoms with van der Waals surface area (Å²) in [5, 5.41) is 34.4. The summed E-state index contributed by atoms with van der Waals surface area (Å²) in [5.41, 5.74) is 0.665. The van der Waals surface area contributed by atoms with Gasteiger partial charge in [-0.2, -0.15) is 0 Å². The zero-order valence-electron chi connectivity index (χ0n) is 18.5. The Morgan fingerprint density at radius 3 is 2.69 bits per heavy atom. The molecule has 1 aliphatic heterocycles. The molecule has 0 unspecified atom stereocenters. The second kappa shape index (κ2) is 8.89. The molecule has 4 rings (SSSR count). The van der Waals surface area contributed by atoms with Crippen LogP contribution >= 0.6 is 0 Å². The fraction of sp³-hybridized carbons (Fsp3) is 0.714. The van der Waals surface area contributed by atoms with E-state index >= 15 is 0 Å². The highest BCUT2D eigenvalue weighted by Crippen LogP contribution is 2.33. The lowest BCUT2D eigenvalue weighted by atomic mass is 9.92. The van der Waals surface area contributed by atoms with Crippen molar-refractivity contribution in [2.75, 3.05) is 11.9 Å². The van der Waals surface area contributed by atoms with E-state index in [0.29, 0.717) is 17.0 Å². The molecule has 2 aliphatic rings. The fourth-order valence-corrected chi connectivity index (χ4v) is 4.18. The molecule has 0 amide bonds. The maximum atomic E-state index is 12.0. The second-order valence-electron chi connectivity index (χ2n) is 9.76. The van der Waals surface area contributed by atoms with Gasteiger partial charge in [0.25, 0.3) is 0 Å². The highest BCUT2D eigenvalue weighted by atomic mass is 16.6. The number of anilines is 1. The average molecular weight is 450 g/mol. The molecule has 11 nitrogen and oxygen atoms in total. The molecule has 32 heavy (non-hydrogen) atoms. The molecule has 4 N–H and O–H groups in total. The van der Waals surface area contributed by atoms with Crippen molar-refractivity contribution in [1.29, 1.82) is 0 Å². The summed E-state index contributed by atoms with van der Waals surface area (Å²) < 4.78 is 12.6. The third-order valence-corrected chi connectivity index (χ3v) is 5.85. The van der Waals surface area contributed by atoms with Crippen LogP contribution in [0.1, 0.15) is 52.7 Å². The molecule has 11 heteroatoms. The fourth-order valence-electron chi connectivity index (χ4n) is 4.18. The first-order chi connectivity index (χ1) is 15.1. The summed E-state index contributed by atoms with van der Waals surface area (Å²) in [5.74, 6) is 0.0947. The number of hydrogen-bond donors (Lipinski definition) is 4. The van der Waals surface area contributed by atoms with Crippen molar-refractivity contribution >= 4 is 23.0 Å². The Morgan fingerprint density at radius 1 is 1.22 bits per heavy atom. The van der Waals surface area contributed by atoms with E-state index in [-0.39, 0.29) is 24.5 Å². The minimum Gasteiger partial charge on any atom is -0.463 e. The largest absolute Gasteiger partial charge is 0.463 e. The van der Waals surface area contributed by atoms with Crippen LogP contribution < -0.4 is 5.32 Å². The SMILES string of the molecule is CC(C)(C)CC(=O)OC[C@H]1O[C@@H](n2cnc3c(N[C@H]4CCC[C@@H]4O)ncnc32)[C@H](O)[C@@H]1O. The number of nitrogens with one attached hydrogen (secondary N) is 1. The van der Waals surface area contributed by atoms with E-state index in [4.69, 9.17) is 9.47 Å². The van der Waals surface area contributed by atoms with Crippen LogP contribution in [0, 0.1) is 5.41 Å². The quantitative estimate of drug-likeness (QED) is 0.465. The monoisotopic (exact) mass is 449 g/mol. The molecule has 2 aromatic heterocycles. The topological polar surface area (TPSA) is 152 Å². The number of esters is 1. The molecule has 0 radical (unpaired) electrons. The lowest BCUT2D eigenvalue weighted by Crippen LogP contribution is -2.34. The van der Waals surface area contributed by atoms with Gasteiger partial charge in [-0.15, -0.1) is 0 Å². The molecule has 2 fully saturated rings. The smallest absolute Gasteiger partial charge is 0.306 e. The predicted molar refractivity (Wildman–Crippen MR) is 114 cm³/mol. The second-order valence-corrected chi connectivity index (χ2v) is 9.76. The predicted octanol–water partition coefficient (Wildman–Crippen LogP) is 0.750. The molecule has 0 spiro atoms. The van der Waals surface area contributed by atoms with Crippen molar-refractivity contribution in [2.24, 2.45) is 5.41 Å². The molecule has 1 aliphatic carbocycles. The molecule has 1 saturated heterocycles. The van der Waals surface area contributed by atoms with Crippen LogP contribution in [0.25, 0.3) is 11.2 Å². The van der Waals surface area contributed by atoms with Gasteiger partial charge in [0.15, 0.2) is 23.2 Å². The van der Waals surface area contributed by atoms with Gasteiger partial charge in [0.05, 0.1) is 24.9 Å².